The summed E-state index contributed by atoms with van der Waals surface area (Å²) in [7, 11) is 2.17. The minimum absolute atomic E-state index is 0.379. The van der Waals surface area contributed by atoms with Crippen molar-refractivity contribution in [2.45, 2.75) is 39.3 Å². The number of aromatic hydroxyl groups is 1. The Bertz CT molecular complexity index is 339. The minimum Gasteiger partial charge on any atom is -0.508 e. The fourth-order valence-corrected chi connectivity index (χ4v) is 1.75. The van der Waals surface area contributed by atoms with E-state index in [2.05, 4.69) is 31.1 Å². The third-order valence-corrected chi connectivity index (χ3v) is 3.30. The molecule has 3 nitrogen and oxygen atoms in total. The standard InChI is InChI=1S/C15H26N2O/c1-13(2)17(3)11-7-6-10-16-12-14-8-4-5-9-15(14)18/h4-5,8-9,13,16,18H,6-7,10-12H2,1-3H3. The molecule has 0 aliphatic rings. The molecule has 0 aromatic heterocycles. The van der Waals surface area contributed by atoms with Gasteiger partial charge in [0.15, 0.2) is 0 Å². The van der Waals surface area contributed by atoms with E-state index >= 15 is 0 Å². The van der Waals surface area contributed by atoms with E-state index in [-0.39, 0.29) is 0 Å². The number of rotatable bonds is 8. The Balaban J connectivity index is 2.07. The lowest BCUT2D eigenvalue weighted by molar-refractivity contribution is 0.268. The zero-order valence-corrected chi connectivity index (χ0v) is 11.8. The van der Waals surface area contributed by atoms with Gasteiger partial charge >= 0.3 is 0 Å². The molecule has 1 aromatic rings. The number of phenols is 1. The Morgan fingerprint density at radius 1 is 1.22 bits per heavy atom. The van der Waals surface area contributed by atoms with Gasteiger partial charge in [0.1, 0.15) is 5.75 Å². The number of nitrogens with zero attached hydrogens (tertiary/aromatic N) is 1. The predicted octanol–water partition coefficient (Wildman–Crippen LogP) is 2.60. The lowest BCUT2D eigenvalue weighted by Gasteiger charge is -2.20. The summed E-state index contributed by atoms with van der Waals surface area (Å²) < 4.78 is 0. The van der Waals surface area contributed by atoms with Gasteiger partial charge in [0.2, 0.25) is 0 Å². The molecular formula is C15H26N2O. The molecular weight excluding hydrogens is 224 g/mol. The molecule has 0 radical (unpaired) electrons. The third-order valence-electron chi connectivity index (χ3n) is 3.30. The van der Waals surface area contributed by atoms with Gasteiger partial charge in [0, 0.05) is 18.2 Å². The number of para-hydroxylation sites is 1. The average Bonchev–Trinajstić information content (AvgIpc) is 2.35. The monoisotopic (exact) mass is 250 g/mol. The van der Waals surface area contributed by atoms with E-state index in [1.54, 1.807) is 6.07 Å². The maximum absolute atomic E-state index is 9.60. The maximum Gasteiger partial charge on any atom is 0.120 e. The summed E-state index contributed by atoms with van der Waals surface area (Å²) in [5.41, 5.74) is 0.969. The summed E-state index contributed by atoms with van der Waals surface area (Å²) in [4.78, 5) is 2.36. The number of benzene rings is 1. The normalized spacial score (nSPS) is 11.4. The molecule has 3 heteroatoms. The lowest BCUT2D eigenvalue weighted by Crippen LogP contribution is -2.27. The molecule has 0 atom stereocenters. The van der Waals surface area contributed by atoms with Crippen LogP contribution in [0, 0.1) is 0 Å². The van der Waals surface area contributed by atoms with Crippen LogP contribution in [0.15, 0.2) is 24.3 Å². The molecule has 102 valence electrons. The fourth-order valence-electron chi connectivity index (χ4n) is 1.75. The highest BCUT2D eigenvalue weighted by Gasteiger charge is 2.02. The number of nitrogens with one attached hydrogen (secondary N) is 1. The van der Waals surface area contributed by atoms with Crippen LogP contribution in [0.1, 0.15) is 32.3 Å². The predicted molar refractivity (Wildman–Crippen MR) is 76.8 cm³/mol. The molecule has 2 N–H and O–H groups in total. The second-order valence-corrected chi connectivity index (χ2v) is 5.09. The van der Waals surface area contributed by atoms with Crippen LogP contribution in [0.2, 0.25) is 0 Å². The van der Waals surface area contributed by atoms with E-state index in [1.807, 2.05) is 18.2 Å². The highest BCUT2D eigenvalue weighted by Crippen LogP contribution is 2.14. The van der Waals surface area contributed by atoms with Crippen molar-refractivity contribution in [3.63, 3.8) is 0 Å². The van der Waals surface area contributed by atoms with E-state index in [4.69, 9.17) is 0 Å². The van der Waals surface area contributed by atoms with E-state index in [1.165, 1.54) is 12.8 Å². The van der Waals surface area contributed by atoms with Crippen molar-refractivity contribution in [3.05, 3.63) is 29.8 Å². The number of phenolic OH excluding ortho intramolecular Hbond substituents is 1. The van der Waals surface area contributed by atoms with Crippen molar-refractivity contribution in [3.8, 4) is 5.75 Å². The Labute approximate surface area is 111 Å². The van der Waals surface area contributed by atoms with Gasteiger partial charge in [-0.3, -0.25) is 0 Å². The Morgan fingerprint density at radius 2 is 1.94 bits per heavy atom. The van der Waals surface area contributed by atoms with Crippen LogP contribution in [-0.4, -0.2) is 36.2 Å². The number of unbranched alkanes of at least 4 members (excludes halogenated alkanes) is 1. The fraction of sp³-hybridized carbons (Fsp3) is 0.600. The summed E-state index contributed by atoms with van der Waals surface area (Å²) in [6.45, 7) is 7.33. The zero-order valence-electron chi connectivity index (χ0n) is 11.8. The van der Waals surface area contributed by atoms with Crippen molar-refractivity contribution in [1.82, 2.24) is 10.2 Å². The smallest absolute Gasteiger partial charge is 0.120 e. The second-order valence-electron chi connectivity index (χ2n) is 5.09. The number of hydrogen-bond acceptors (Lipinski definition) is 3. The van der Waals surface area contributed by atoms with Gasteiger partial charge in [0.05, 0.1) is 0 Å². The van der Waals surface area contributed by atoms with Crippen LogP contribution in [0.5, 0.6) is 5.75 Å². The van der Waals surface area contributed by atoms with Gasteiger partial charge < -0.3 is 15.3 Å². The van der Waals surface area contributed by atoms with E-state index in [9.17, 15) is 5.11 Å². The van der Waals surface area contributed by atoms with E-state index in [0.29, 0.717) is 11.8 Å². The first kappa shape index (κ1) is 15.0. The summed E-state index contributed by atoms with van der Waals surface area (Å²) >= 11 is 0. The van der Waals surface area contributed by atoms with Crippen LogP contribution in [0.25, 0.3) is 0 Å². The quantitative estimate of drug-likeness (QED) is 0.696. The Kier molecular flexibility index (Phi) is 6.76. The van der Waals surface area contributed by atoms with E-state index < -0.39 is 0 Å². The van der Waals surface area contributed by atoms with Crippen LogP contribution >= 0.6 is 0 Å². The molecule has 0 amide bonds. The summed E-state index contributed by atoms with van der Waals surface area (Å²) in [5, 5.41) is 13.0. The molecule has 0 fully saturated rings. The molecule has 0 aliphatic heterocycles. The third kappa shape index (κ3) is 5.52. The molecule has 0 saturated heterocycles. The molecule has 0 heterocycles. The van der Waals surface area contributed by atoms with Gasteiger partial charge in [0.25, 0.3) is 0 Å². The summed E-state index contributed by atoms with van der Waals surface area (Å²) in [6, 6.07) is 8.11. The molecule has 18 heavy (non-hydrogen) atoms. The van der Waals surface area contributed by atoms with Crippen molar-refractivity contribution in [1.29, 1.82) is 0 Å². The van der Waals surface area contributed by atoms with Crippen LogP contribution in [0.3, 0.4) is 0 Å². The maximum atomic E-state index is 9.60. The molecule has 0 spiro atoms. The summed E-state index contributed by atoms with van der Waals surface area (Å²) in [6.07, 6.45) is 2.38. The minimum atomic E-state index is 0.379. The first-order valence-corrected chi connectivity index (χ1v) is 6.79. The van der Waals surface area contributed by atoms with Gasteiger partial charge in [-0.1, -0.05) is 18.2 Å². The largest absolute Gasteiger partial charge is 0.508 e. The highest BCUT2D eigenvalue weighted by molar-refractivity contribution is 5.31. The topological polar surface area (TPSA) is 35.5 Å². The Morgan fingerprint density at radius 3 is 2.61 bits per heavy atom. The lowest BCUT2D eigenvalue weighted by atomic mass is 10.2. The molecule has 0 unspecified atom stereocenters. The number of hydrogen-bond donors (Lipinski definition) is 2. The van der Waals surface area contributed by atoms with Crippen molar-refractivity contribution in [2.24, 2.45) is 0 Å². The van der Waals surface area contributed by atoms with Crippen LogP contribution in [0.4, 0.5) is 0 Å². The second kappa shape index (κ2) is 8.11. The van der Waals surface area contributed by atoms with Gasteiger partial charge in [-0.2, -0.15) is 0 Å². The first-order chi connectivity index (χ1) is 8.61. The van der Waals surface area contributed by atoms with Gasteiger partial charge in [-0.25, -0.2) is 0 Å². The van der Waals surface area contributed by atoms with Crippen molar-refractivity contribution < 1.29 is 5.11 Å². The van der Waals surface area contributed by atoms with Crippen LogP contribution < -0.4 is 5.32 Å². The van der Waals surface area contributed by atoms with Gasteiger partial charge in [-0.05, 0) is 52.9 Å². The molecule has 1 rings (SSSR count). The Hall–Kier alpha value is -1.06. The van der Waals surface area contributed by atoms with Crippen molar-refractivity contribution >= 4 is 0 Å². The SMILES string of the molecule is CC(C)N(C)CCCCNCc1ccccc1O. The highest BCUT2D eigenvalue weighted by atomic mass is 16.3. The van der Waals surface area contributed by atoms with Crippen molar-refractivity contribution in [2.75, 3.05) is 20.1 Å². The molecule has 0 saturated carbocycles. The molecule has 0 aliphatic carbocycles. The van der Waals surface area contributed by atoms with Gasteiger partial charge in [-0.15, -0.1) is 0 Å². The molecule has 1 aromatic carbocycles. The first-order valence-electron chi connectivity index (χ1n) is 6.79. The molecule has 0 bridgehead atoms. The average molecular weight is 250 g/mol. The van der Waals surface area contributed by atoms with E-state index in [0.717, 1.165) is 25.2 Å². The zero-order chi connectivity index (χ0) is 13.4. The van der Waals surface area contributed by atoms with Crippen LogP contribution in [-0.2, 0) is 6.54 Å². The summed E-state index contributed by atoms with van der Waals surface area (Å²) in [5.74, 6) is 0.379.